The molecule has 0 saturated heterocycles. The lowest BCUT2D eigenvalue weighted by Crippen LogP contribution is -2.05. The van der Waals surface area contributed by atoms with E-state index in [1.165, 1.54) is 12.1 Å². The summed E-state index contributed by atoms with van der Waals surface area (Å²) >= 11 is 0. The number of hydrogen-bond acceptors (Lipinski definition) is 1. The van der Waals surface area contributed by atoms with E-state index in [1.807, 2.05) is 6.08 Å². The van der Waals surface area contributed by atoms with E-state index >= 15 is 0 Å². The highest BCUT2D eigenvalue weighted by Crippen LogP contribution is 2.36. The molecule has 2 nitrogen and oxygen atoms in total. The van der Waals surface area contributed by atoms with Gasteiger partial charge in [-0.1, -0.05) is 24.3 Å². The highest BCUT2D eigenvalue weighted by atomic mass is 19.4. The highest BCUT2D eigenvalue weighted by molar-refractivity contribution is 5.91. The summed E-state index contributed by atoms with van der Waals surface area (Å²) in [5, 5.41) is 8.98. The molecule has 0 aromatic heterocycles. The summed E-state index contributed by atoms with van der Waals surface area (Å²) in [4.78, 5) is 11.0. The highest BCUT2D eigenvalue weighted by Gasteiger charge is 2.31. The van der Waals surface area contributed by atoms with Crippen LogP contribution >= 0.6 is 0 Å². The molecule has 22 heavy (non-hydrogen) atoms. The Bertz CT molecular complexity index is 789. The lowest BCUT2D eigenvalue weighted by Gasteiger charge is -2.11. The summed E-state index contributed by atoms with van der Waals surface area (Å²) in [6, 6.07) is 9.84. The van der Waals surface area contributed by atoms with Crippen LogP contribution in [0.15, 0.2) is 48.5 Å². The molecule has 0 fully saturated rings. The Labute approximate surface area is 124 Å². The van der Waals surface area contributed by atoms with Crippen molar-refractivity contribution in [3.63, 3.8) is 0 Å². The zero-order chi connectivity index (χ0) is 15.9. The maximum absolute atomic E-state index is 12.8. The number of allylic oxidation sites excluding steroid dienone is 1. The van der Waals surface area contributed by atoms with Gasteiger partial charge in [-0.05, 0) is 52.9 Å². The Kier molecular flexibility index (Phi) is 3.28. The molecule has 112 valence electrons. The van der Waals surface area contributed by atoms with Gasteiger partial charge in [-0.15, -0.1) is 0 Å². The predicted octanol–water partition coefficient (Wildman–Crippen LogP) is 4.39. The fourth-order valence-electron chi connectivity index (χ4n) is 2.62. The van der Waals surface area contributed by atoms with Gasteiger partial charge < -0.3 is 5.11 Å². The van der Waals surface area contributed by atoms with Crippen molar-refractivity contribution in [2.24, 2.45) is 0 Å². The third kappa shape index (κ3) is 2.50. The molecule has 2 aromatic rings. The first kappa shape index (κ1) is 14.4. The van der Waals surface area contributed by atoms with E-state index in [1.54, 1.807) is 18.2 Å². The average Bonchev–Trinajstić information content (AvgIpc) is 2.89. The zero-order valence-corrected chi connectivity index (χ0v) is 11.3. The molecule has 0 radical (unpaired) electrons. The lowest BCUT2D eigenvalue weighted by molar-refractivity contribution is -0.137. The van der Waals surface area contributed by atoms with Gasteiger partial charge in [-0.2, -0.15) is 13.2 Å². The number of rotatable bonds is 2. The SMILES string of the molecule is O=C(O)c1ccc2c(c1)CC=C2c1cccc(C(F)(F)F)c1. The monoisotopic (exact) mass is 304 g/mol. The Hall–Kier alpha value is -2.56. The van der Waals surface area contributed by atoms with Crippen molar-refractivity contribution in [1.29, 1.82) is 0 Å². The number of benzene rings is 2. The van der Waals surface area contributed by atoms with Gasteiger partial charge in [0.15, 0.2) is 0 Å². The molecule has 1 aliphatic rings. The molecular formula is C17H11F3O2. The molecule has 0 spiro atoms. The Balaban J connectivity index is 2.02. The topological polar surface area (TPSA) is 37.3 Å². The van der Waals surface area contributed by atoms with Crippen molar-refractivity contribution < 1.29 is 23.1 Å². The third-order valence-corrected chi connectivity index (χ3v) is 3.67. The summed E-state index contributed by atoms with van der Waals surface area (Å²) in [7, 11) is 0. The molecule has 0 bridgehead atoms. The Morgan fingerprint density at radius 3 is 2.55 bits per heavy atom. The summed E-state index contributed by atoms with van der Waals surface area (Å²) in [6.07, 6.45) is -2.04. The number of halogens is 3. The third-order valence-electron chi connectivity index (χ3n) is 3.67. The van der Waals surface area contributed by atoms with Crippen LogP contribution in [0.25, 0.3) is 5.57 Å². The van der Waals surface area contributed by atoms with Gasteiger partial charge in [-0.25, -0.2) is 4.79 Å². The van der Waals surface area contributed by atoms with Crippen molar-refractivity contribution in [3.05, 3.63) is 76.4 Å². The van der Waals surface area contributed by atoms with Gasteiger partial charge in [0.2, 0.25) is 0 Å². The van der Waals surface area contributed by atoms with E-state index in [0.29, 0.717) is 17.6 Å². The van der Waals surface area contributed by atoms with E-state index < -0.39 is 17.7 Å². The molecule has 2 aromatic carbocycles. The lowest BCUT2D eigenvalue weighted by atomic mass is 9.96. The minimum Gasteiger partial charge on any atom is -0.478 e. The van der Waals surface area contributed by atoms with Crippen molar-refractivity contribution in [2.75, 3.05) is 0 Å². The summed E-state index contributed by atoms with van der Waals surface area (Å²) in [5.74, 6) is -1.02. The van der Waals surface area contributed by atoms with E-state index in [4.69, 9.17) is 5.11 Å². The normalized spacial score (nSPS) is 13.7. The van der Waals surface area contributed by atoms with Crippen LogP contribution in [0.2, 0.25) is 0 Å². The first-order chi connectivity index (χ1) is 10.4. The molecule has 0 saturated carbocycles. The number of alkyl halides is 3. The maximum Gasteiger partial charge on any atom is 0.416 e. The smallest absolute Gasteiger partial charge is 0.416 e. The molecule has 0 heterocycles. The van der Waals surface area contributed by atoms with Crippen LogP contribution in [0.4, 0.5) is 13.2 Å². The number of aromatic carboxylic acids is 1. The van der Waals surface area contributed by atoms with E-state index in [-0.39, 0.29) is 5.56 Å². The van der Waals surface area contributed by atoms with E-state index in [0.717, 1.165) is 23.3 Å². The van der Waals surface area contributed by atoms with Crippen LogP contribution in [-0.4, -0.2) is 11.1 Å². The molecular weight excluding hydrogens is 293 g/mol. The van der Waals surface area contributed by atoms with Crippen LogP contribution < -0.4 is 0 Å². The first-order valence-corrected chi connectivity index (χ1v) is 6.60. The van der Waals surface area contributed by atoms with Crippen molar-refractivity contribution in [1.82, 2.24) is 0 Å². The largest absolute Gasteiger partial charge is 0.478 e. The molecule has 1 aliphatic carbocycles. The Morgan fingerprint density at radius 1 is 1.09 bits per heavy atom. The molecule has 0 aliphatic heterocycles. The number of carboxylic acids is 1. The van der Waals surface area contributed by atoms with Crippen molar-refractivity contribution >= 4 is 11.5 Å². The fraction of sp³-hybridized carbons (Fsp3) is 0.118. The second-order valence-corrected chi connectivity index (χ2v) is 5.08. The van der Waals surface area contributed by atoms with Gasteiger partial charge in [-0.3, -0.25) is 0 Å². The molecule has 1 N–H and O–H groups in total. The number of carboxylic acid groups (broad SMARTS) is 1. The number of carbonyl (C=O) groups is 1. The molecule has 0 atom stereocenters. The second-order valence-electron chi connectivity index (χ2n) is 5.08. The minimum absolute atomic E-state index is 0.178. The van der Waals surface area contributed by atoms with Gasteiger partial charge in [0, 0.05) is 0 Å². The van der Waals surface area contributed by atoms with Crippen molar-refractivity contribution in [2.45, 2.75) is 12.6 Å². The molecule has 0 amide bonds. The van der Waals surface area contributed by atoms with Crippen LogP contribution in [0, 0.1) is 0 Å². The predicted molar refractivity (Wildman–Crippen MR) is 75.6 cm³/mol. The first-order valence-electron chi connectivity index (χ1n) is 6.60. The number of fused-ring (bicyclic) bond motifs is 1. The van der Waals surface area contributed by atoms with Crippen LogP contribution in [0.1, 0.15) is 32.6 Å². The van der Waals surface area contributed by atoms with Gasteiger partial charge in [0.05, 0.1) is 11.1 Å². The Morgan fingerprint density at radius 2 is 1.86 bits per heavy atom. The molecule has 5 heteroatoms. The summed E-state index contributed by atoms with van der Waals surface area (Å²) in [6.45, 7) is 0. The molecule has 0 unspecified atom stereocenters. The van der Waals surface area contributed by atoms with E-state index in [2.05, 4.69) is 0 Å². The van der Waals surface area contributed by atoms with Gasteiger partial charge in [0.1, 0.15) is 0 Å². The van der Waals surface area contributed by atoms with Gasteiger partial charge >= 0.3 is 12.1 Å². The summed E-state index contributed by atoms with van der Waals surface area (Å²) in [5.41, 5.74) is 2.27. The molecule has 3 rings (SSSR count). The second kappa shape index (κ2) is 5.02. The quantitative estimate of drug-likeness (QED) is 0.893. The zero-order valence-electron chi connectivity index (χ0n) is 11.3. The van der Waals surface area contributed by atoms with Crippen molar-refractivity contribution in [3.8, 4) is 0 Å². The van der Waals surface area contributed by atoms with Crippen LogP contribution in [0.3, 0.4) is 0 Å². The summed E-state index contributed by atoms with van der Waals surface area (Å²) < 4.78 is 38.4. The maximum atomic E-state index is 12.8. The van der Waals surface area contributed by atoms with Crippen LogP contribution in [0.5, 0.6) is 0 Å². The van der Waals surface area contributed by atoms with Crippen LogP contribution in [-0.2, 0) is 12.6 Å². The number of hydrogen-bond donors (Lipinski definition) is 1. The average molecular weight is 304 g/mol. The fourth-order valence-corrected chi connectivity index (χ4v) is 2.62. The van der Waals surface area contributed by atoms with E-state index in [9.17, 15) is 18.0 Å². The minimum atomic E-state index is -4.38. The standard InChI is InChI=1S/C17H11F3O2/c18-17(19,20)13-3-1-2-10(9-13)14-6-4-11-8-12(16(21)22)5-7-15(11)14/h1-3,5-9H,4H2,(H,21,22). The van der Waals surface area contributed by atoms with Gasteiger partial charge in [0.25, 0.3) is 0 Å².